The van der Waals surface area contributed by atoms with Crippen LogP contribution >= 0.6 is 35.0 Å². The van der Waals surface area contributed by atoms with Crippen LogP contribution in [0.25, 0.3) is 0 Å². The molecule has 1 aromatic carbocycles. The minimum atomic E-state index is 0.141. The highest BCUT2D eigenvalue weighted by atomic mass is 35.5. The zero-order valence-corrected chi connectivity index (χ0v) is 15.1. The van der Waals surface area contributed by atoms with Gasteiger partial charge in [-0.15, -0.1) is 0 Å². The summed E-state index contributed by atoms with van der Waals surface area (Å²) in [5, 5.41) is 4.44. The van der Waals surface area contributed by atoms with E-state index in [1.807, 2.05) is 18.2 Å². The lowest BCUT2D eigenvalue weighted by Gasteiger charge is -2.28. The van der Waals surface area contributed by atoms with E-state index in [1.165, 1.54) is 0 Å². The van der Waals surface area contributed by atoms with Gasteiger partial charge in [0.25, 0.3) is 0 Å². The van der Waals surface area contributed by atoms with E-state index in [9.17, 15) is 4.79 Å². The summed E-state index contributed by atoms with van der Waals surface area (Å²) in [6, 6.07) is 5.55. The van der Waals surface area contributed by atoms with Gasteiger partial charge in [0, 0.05) is 34.6 Å². The molecule has 0 aliphatic carbocycles. The number of hydrogen-bond donors (Lipinski definition) is 1. The fraction of sp³-hybridized carbons (Fsp3) is 0.562. The molecule has 1 amide bonds. The SMILES string of the molecule is CN1CCC[C@H](C(=O)NCCSCc2c(Cl)cccc2Cl)C1. The average Bonchev–Trinajstić information content (AvgIpc) is 2.49. The predicted molar refractivity (Wildman–Crippen MR) is 95.9 cm³/mol. The van der Waals surface area contributed by atoms with Crippen LogP contribution in [0.15, 0.2) is 18.2 Å². The average molecular weight is 361 g/mol. The number of thioether (sulfide) groups is 1. The maximum Gasteiger partial charge on any atom is 0.224 e. The Balaban J connectivity index is 1.66. The number of piperidine rings is 1. The molecule has 6 heteroatoms. The molecule has 22 heavy (non-hydrogen) atoms. The molecule has 0 aromatic heterocycles. The first-order valence-electron chi connectivity index (χ1n) is 7.55. The predicted octanol–water partition coefficient (Wildman–Crippen LogP) is 3.68. The molecule has 1 saturated heterocycles. The van der Waals surface area contributed by atoms with Crippen LogP contribution in [0.2, 0.25) is 10.0 Å². The van der Waals surface area contributed by atoms with Crippen molar-refractivity contribution < 1.29 is 4.79 Å². The molecule has 1 aromatic rings. The van der Waals surface area contributed by atoms with E-state index in [0.717, 1.165) is 43.0 Å². The van der Waals surface area contributed by atoms with Gasteiger partial charge in [0.05, 0.1) is 5.92 Å². The van der Waals surface area contributed by atoms with Gasteiger partial charge < -0.3 is 10.2 Å². The molecule has 2 rings (SSSR count). The molecule has 1 atom stereocenters. The Morgan fingerprint density at radius 3 is 2.82 bits per heavy atom. The third kappa shape index (κ3) is 5.34. The molecule has 1 N–H and O–H groups in total. The first-order valence-corrected chi connectivity index (χ1v) is 9.46. The number of carbonyl (C=O) groups is 1. The van der Waals surface area contributed by atoms with Crippen LogP contribution in [-0.2, 0) is 10.5 Å². The molecule has 0 unspecified atom stereocenters. The lowest BCUT2D eigenvalue weighted by molar-refractivity contribution is -0.126. The van der Waals surface area contributed by atoms with Crippen molar-refractivity contribution in [2.45, 2.75) is 18.6 Å². The molecule has 1 aliphatic rings. The van der Waals surface area contributed by atoms with Crippen LogP contribution < -0.4 is 5.32 Å². The second kappa shape index (κ2) is 9.02. The number of halogens is 2. The van der Waals surface area contributed by atoms with Crippen molar-refractivity contribution in [2.24, 2.45) is 5.92 Å². The highest BCUT2D eigenvalue weighted by Crippen LogP contribution is 2.28. The van der Waals surface area contributed by atoms with Gasteiger partial charge >= 0.3 is 0 Å². The summed E-state index contributed by atoms with van der Waals surface area (Å²) in [6.07, 6.45) is 2.10. The fourth-order valence-corrected chi connectivity index (χ4v) is 4.21. The summed E-state index contributed by atoms with van der Waals surface area (Å²) >= 11 is 14.0. The highest BCUT2D eigenvalue weighted by molar-refractivity contribution is 7.98. The van der Waals surface area contributed by atoms with Crippen molar-refractivity contribution in [3.63, 3.8) is 0 Å². The number of rotatable bonds is 6. The van der Waals surface area contributed by atoms with E-state index in [0.29, 0.717) is 16.6 Å². The van der Waals surface area contributed by atoms with E-state index in [4.69, 9.17) is 23.2 Å². The monoisotopic (exact) mass is 360 g/mol. The molecule has 0 spiro atoms. The first kappa shape index (κ1) is 17.9. The highest BCUT2D eigenvalue weighted by Gasteiger charge is 2.23. The number of benzene rings is 1. The van der Waals surface area contributed by atoms with Gasteiger partial charge in [0.2, 0.25) is 5.91 Å². The van der Waals surface area contributed by atoms with Crippen molar-refractivity contribution in [1.82, 2.24) is 10.2 Å². The molecule has 1 fully saturated rings. The molecule has 1 aliphatic heterocycles. The van der Waals surface area contributed by atoms with Crippen molar-refractivity contribution in [2.75, 3.05) is 32.4 Å². The molecule has 122 valence electrons. The molecule has 0 bridgehead atoms. The lowest BCUT2D eigenvalue weighted by atomic mass is 9.98. The van der Waals surface area contributed by atoms with Gasteiger partial charge in [0.1, 0.15) is 0 Å². The largest absolute Gasteiger partial charge is 0.355 e. The molecular formula is C16H22Cl2N2OS. The number of hydrogen-bond acceptors (Lipinski definition) is 3. The normalized spacial score (nSPS) is 19.1. The van der Waals surface area contributed by atoms with Gasteiger partial charge in [0.15, 0.2) is 0 Å². The summed E-state index contributed by atoms with van der Waals surface area (Å²) in [4.78, 5) is 14.3. The smallest absolute Gasteiger partial charge is 0.224 e. The molecule has 3 nitrogen and oxygen atoms in total. The quantitative estimate of drug-likeness (QED) is 0.785. The summed E-state index contributed by atoms with van der Waals surface area (Å²) in [7, 11) is 2.07. The Morgan fingerprint density at radius 1 is 1.41 bits per heavy atom. The van der Waals surface area contributed by atoms with Crippen LogP contribution in [-0.4, -0.2) is 43.2 Å². The summed E-state index contributed by atoms with van der Waals surface area (Å²) in [6.45, 7) is 2.65. The molecular weight excluding hydrogens is 339 g/mol. The summed E-state index contributed by atoms with van der Waals surface area (Å²) < 4.78 is 0. The van der Waals surface area contributed by atoms with E-state index in [1.54, 1.807) is 11.8 Å². The number of nitrogens with one attached hydrogen (secondary N) is 1. The van der Waals surface area contributed by atoms with Gasteiger partial charge in [-0.05, 0) is 44.1 Å². The summed E-state index contributed by atoms with van der Waals surface area (Å²) in [5.74, 6) is 1.95. The van der Waals surface area contributed by atoms with Gasteiger partial charge in [-0.2, -0.15) is 11.8 Å². The second-order valence-corrected chi connectivity index (χ2v) is 7.56. The van der Waals surface area contributed by atoms with Crippen LogP contribution in [0, 0.1) is 5.92 Å². The summed E-state index contributed by atoms with van der Waals surface area (Å²) in [5.41, 5.74) is 0.969. The minimum Gasteiger partial charge on any atom is -0.355 e. The number of carbonyl (C=O) groups excluding carboxylic acids is 1. The topological polar surface area (TPSA) is 32.3 Å². The maximum absolute atomic E-state index is 12.1. The minimum absolute atomic E-state index is 0.141. The van der Waals surface area contributed by atoms with Gasteiger partial charge in [-0.3, -0.25) is 4.79 Å². The third-order valence-electron chi connectivity index (χ3n) is 3.85. The van der Waals surface area contributed by atoms with Gasteiger partial charge in [-0.1, -0.05) is 29.3 Å². The lowest BCUT2D eigenvalue weighted by Crippen LogP contribution is -2.41. The zero-order chi connectivity index (χ0) is 15.9. The zero-order valence-electron chi connectivity index (χ0n) is 12.8. The Morgan fingerprint density at radius 2 is 2.14 bits per heavy atom. The second-order valence-electron chi connectivity index (χ2n) is 5.65. The van der Waals surface area contributed by atoms with Crippen molar-refractivity contribution in [3.8, 4) is 0 Å². The van der Waals surface area contributed by atoms with Crippen LogP contribution in [0.1, 0.15) is 18.4 Å². The Hall–Kier alpha value is -0.420. The number of likely N-dealkylation sites (tertiary alicyclic amines) is 1. The van der Waals surface area contributed by atoms with E-state index in [2.05, 4.69) is 17.3 Å². The molecule has 0 saturated carbocycles. The maximum atomic E-state index is 12.1. The Bertz CT molecular complexity index is 493. The van der Waals surface area contributed by atoms with Gasteiger partial charge in [-0.25, -0.2) is 0 Å². The van der Waals surface area contributed by atoms with Crippen molar-refractivity contribution in [1.29, 1.82) is 0 Å². The first-order chi connectivity index (χ1) is 10.6. The molecule has 1 heterocycles. The Labute approximate surface area is 146 Å². The Kier molecular flexibility index (Phi) is 7.35. The van der Waals surface area contributed by atoms with E-state index >= 15 is 0 Å². The van der Waals surface area contributed by atoms with Crippen LogP contribution in [0.4, 0.5) is 0 Å². The third-order valence-corrected chi connectivity index (χ3v) is 5.54. The number of nitrogens with zero attached hydrogens (tertiary/aromatic N) is 1. The van der Waals surface area contributed by atoms with E-state index in [-0.39, 0.29) is 11.8 Å². The van der Waals surface area contributed by atoms with Crippen LogP contribution in [0.3, 0.4) is 0 Å². The standard InChI is InChI=1S/C16H22Cl2N2OS/c1-20-8-3-4-12(10-20)16(21)19-7-9-22-11-13-14(17)5-2-6-15(13)18/h2,5-6,12H,3-4,7-11H2,1H3,(H,19,21)/t12-/m0/s1. The van der Waals surface area contributed by atoms with Crippen LogP contribution in [0.5, 0.6) is 0 Å². The fourth-order valence-electron chi connectivity index (χ4n) is 2.62. The van der Waals surface area contributed by atoms with Crippen molar-refractivity contribution in [3.05, 3.63) is 33.8 Å². The number of amides is 1. The van der Waals surface area contributed by atoms with E-state index < -0.39 is 0 Å². The van der Waals surface area contributed by atoms with Crippen molar-refractivity contribution >= 4 is 40.9 Å². The molecule has 0 radical (unpaired) electrons.